The fraction of sp³-hybridized carbons (Fsp3) is 0.435. The number of alkyl halides is 2. The second kappa shape index (κ2) is 9.91. The number of methoxy groups -OCH3 is 1. The summed E-state index contributed by atoms with van der Waals surface area (Å²) in [5.74, 6) is 0.139. The van der Waals surface area contributed by atoms with Gasteiger partial charge in [-0.1, -0.05) is 0 Å². The van der Waals surface area contributed by atoms with E-state index in [0.717, 1.165) is 12.0 Å². The average molecular weight is 503 g/mol. The van der Waals surface area contributed by atoms with Crippen LogP contribution in [0.4, 0.5) is 31.0 Å². The van der Waals surface area contributed by atoms with E-state index < -0.39 is 17.9 Å². The van der Waals surface area contributed by atoms with Crippen molar-refractivity contribution >= 4 is 23.5 Å². The first-order valence-electron chi connectivity index (χ1n) is 11.3. The highest BCUT2D eigenvalue weighted by Crippen LogP contribution is 2.33. The van der Waals surface area contributed by atoms with Gasteiger partial charge < -0.3 is 25.4 Å². The molecule has 4 heterocycles. The summed E-state index contributed by atoms with van der Waals surface area (Å²) in [4.78, 5) is 25.7. The lowest BCUT2D eigenvalue weighted by atomic mass is 10.1. The summed E-state index contributed by atoms with van der Waals surface area (Å²) in [5.41, 5.74) is 6.51. The van der Waals surface area contributed by atoms with Crippen molar-refractivity contribution in [3.05, 3.63) is 36.5 Å². The molecule has 3 N–H and O–H groups in total. The van der Waals surface area contributed by atoms with Crippen molar-refractivity contribution in [1.82, 2.24) is 29.6 Å². The number of nitrogens with two attached hydrogens (primary N) is 1. The molecule has 1 unspecified atom stereocenters. The largest absolute Gasteiger partial charge is 0.496 e. The monoisotopic (exact) mass is 502 g/mol. The molecule has 0 spiro atoms. The number of carbonyl (C=O) groups is 1. The molecular weight excluding hydrogens is 474 g/mol. The number of anilines is 3. The van der Waals surface area contributed by atoms with Gasteiger partial charge in [0, 0.05) is 48.7 Å². The van der Waals surface area contributed by atoms with Crippen LogP contribution in [0, 0.1) is 0 Å². The normalized spacial score (nSPS) is 15.9. The van der Waals surface area contributed by atoms with E-state index in [1.807, 2.05) is 31.6 Å². The van der Waals surface area contributed by atoms with Gasteiger partial charge in [0.2, 0.25) is 0 Å². The van der Waals surface area contributed by atoms with Crippen LogP contribution in [-0.4, -0.2) is 61.5 Å². The SMILES string of the molecule is COc1cc(Nc2cc(N)nc(C(F)F)n2)ncc1-c1cnn(C2CCN(C(=O)OC(C)(C)C)C2)c1. The predicted molar refractivity (Wildman–Crippen MR) is 128 cm³/mol. The molecule has 0 bridgehead atoms. The van der Waals surface area contributed by atoms with E-state index in [1.54, 1.807) is 23.4 Å². The van der Waals surface area contributed by atoms with Crippen molar-refractivity contribution in [1.29, 1.82) is 0 Å². The molecule has 0 saturated carbocycles. The molecule has 11 nitrogen and oxygen atoms in total. The topological polar surface area (TPSA) is 133 Å². The molecule has 1 fully saturated rings. The zero-order valence-electron chi connectivity index (χ0n) is 20.4. The summed E-state index contributed by atoms with van der Waals surface area (Å²) in [6.07, 6.45) is 2.71. The van der Waals surface area contributed by atoms with Crippen LogP contribution in [0.1, 0.15) is 45.5 Å². The molecule has 1 atom stereocenters. The summed E-state index contributed by atoms with van der Waals surface area (Å²) in [6, 6.07) is 2.96. The summed E-state index contributed by atoms with van der Waals surface area (Å²) in [7, 11) is 1.51. The van der Waals surface area contributed by atoms with Crippen molar-refractivity contribution < 1.29 is 23.0 Å². The minimum absolute atomic E-state index is 0.0124. The molecule has 0 aliphatic carbocycles. The molecule has 3 aromatic rings. The zero-order chi connectivity index (χ0) is 26.0. The minimum atomic E-state index is -2.86. The highest BCUT2D eigenvalue weighted by Gasteiger charge is 2.31. The Balaban J connectivity index is 1.49. The van der Waals surface area contributed by atoms with E-state index in [0.29, 0.717) is 30.2 Å². The molecule has 1 aliphatic heterocycles. The fourth-order valence-corrected chi connectivity index (χ4v) is 3.80. The van der Waals surface area contributed by atoms with E-state index in [9.17, 15) is 13.6 Å². The maximum Gasteiger partial charge on any atom is 0.410 e. The lowest BCUT2D eigenvalue weighted by Crippen LogP contribution is -2.35. The van der Waals surface area contributed by atoms with Crippen LogP contribution >= 0.6 is 0 Å². The molecule has 0 radical (unpaired) electrons. The van der Waals surface area contributed by atoms with E-state index >= 15 is 0 Å². The van der Waals surface area contributed by atoms with E-state index in [2.05, 4.69) is 25.4 Å². The van der Waals surface area contributed by atoms with Gasteiger partial charge in [0.15, 0.2) is 5.82 Å². The smallest absolute Gasteiger partial charge is 0.410 e. The summed E-state index contributed by atoms with van der Waals surface area (Å²) in [5, 5.41) is 7.33. The van der Waals surface area contributed by atoms with Crippen molar-refractivity contribution in [3.8, 4) is 16.9 Å². The Morgan fingerprint density at radius 2 is 2.00 bits per heavy atom. The summed E-state index contributed by atoms with van der Waals surface area (Å²) < 4.78 is 38.8. The number of nitrogens with zero attached hydrogens (tertiary/aromatic N) is 6. The molecule has 192 valence electrons. The Bertz CT molecular complexity index is 1240. The molecule has 1 aliphatic rings. The Hall–Kier alpha value is -4.03. The molecule has 3 aromatic heterocycles. The number of pyridine rings is 1. The van der Waals surface area contributed by atoms with Gasteiger partial charge in [0.05, 0.1) is 19.3 Å². The van der Waals surface area contributed by atoms with Gasteiger partial charge in [-0.15, -0.1) is 0 Å². The van der Waals surface area contributed by atoms with Gasteiger partial charge in [0.1, 0.15) is 28.8 Å². The van der Waals surface area contributed by atoms with E-state index in [1.165, 1.54) is 13.2 Å². The highest BCUT2D eigenvalue weighted by atomic mass is 19.3. The lowest BCUT2D eigenvalue weighted by Gasteiger charge is -2.24. The van der Waals surface area contributed by atoms with Crippen molar-refractivity contribution in [2.75, 3.05) is 31.2 Å². The highest BCUT2D eigenvalue weighted by molar-refractivity contribution is 5.71. The number of rotatable bonds is 6. The van der Waals surface area contributed by atoms with Crippen LogP contribution in [0.15, 0.2) is 30.7 Å². The Morgan fingerprint density at radius 3 is 2.69 bits per heavy atom. The number of aromatic nitrogens is 5. The summed E-state index contributed by atoms with van der Waals surface area (Å²) >= 11 is 0. The first-order chi connectivity index (χ1) is 17.0. The molecular formula is C23H28F2N8O3. The number of halogens is 2. The number of hydrogen-bond acceptors (Lipinski definition) is 9. The first-order valence-corrected chi connectivity index (χ1v) is 11.3. The number of amides is 1. The molecule has 36 heavy (non-hydrogen) atoms. The molecule has 1 saturated heterocycles. The van der Waals surface area contributed by atoms with Crippen LogP contribution in [-0.2, 0) is 4.74 Å². The molecule has 0 aromatic carbocycles. The van der Waals surface area contributed by atoms with Crippen molar-refractivity contribution in [2.45, 2.75) is 45.3 Å². The Morgan fingerprint density at radius 1 is 1.22 bits per heavy atom. The number of carbonyl (C=O) groups excluding carboxylic acids is 1. The second-order valence-electron chi connectivity index (χ2n) is 9.31. The number of nitrogen functional groups attached to an aromatic ring is 1. The Labute approximate surface area is 206 Å². The molecule has 13 heteroatoms. The minimum Gasteiger partial charge on any atom is -0.496 e. The van der Waals surface area contributed by atoms with E-state index in [-0.39, 0.29) is 23.8 Å². The van der Waals surface area contributed by atoms with Crippen molar-refractivity contribution in [2.24, 2.45) is 0 Å². The average Bonchev–Trinajstić information content (AvgIpc) is 3.47. The maximum atomic E-state index is 13.0. The molecule has 4 rings (SSSR count). The maximum absolute atomic E-state index is 13.0. The molecule has 1 amide bonds. The summed E-state index contributed by atoms with van der Waals surface area (Å²) in [6.45, 7) is 6.59. The Kier molecular flexibility index (Phi) is 6.91. The first kappa shape index (κ1) is 25.1. The van der Waals surface area contributed by atoms with Crippen LogP contribution in [0.5, 0.6) is 5.75 Å². The fourth-order valence-electron chi connectivity index (χ4n) is 3.80. The van der Waals surface area contributed by atoms with Crippen molar-refractivity contribution in [3.63, 3.8) is 0 Å². The number of ether oxygens (including phenoxy) is 2. The van der Waals surface area contributed by atoms with Gasteiger partial charge >= 0.3 is 6.09 Å². The lowest BCUT2D eigenvalue weighted by molar-refractivity contribution is 0.0288. The van der Waals surface area contributed by atoms with Crippen LogP contribution < -0.4 is 15.8 Å². The third-order valence-electron chi connectivity index (χ3n) is 5.40. The van der Waals surface area contributed by atoms with E-state index in [4.69, 9.17) is 15.2 Å². The van der Waals surface area contributed by atoms with Crippen LogP contribution in [0.3, 0.4) is 0 Å². The number of likely N-dealkylation sites (tertiary alicyclic amines) is 1. The van der Waals surface area contributed by atoms with Gasteiger partial charge in [-0.3, -0.25) is 4.68 Å². The number of nitrogens with one attached hydrogen (secondary N) is 1. The van der Waals surface area contributed by atoms with Gasteiger partial charge in [-0.2, -0.15) is 5.10 Å². The van der Waals surface area contributed by atoms with Gasteiger partial charge in [-0.05, 0) is 27.2 Å². The number of hydrogen-bond donors (Lipinski definition) is 2. The van der Waals surface area contributed by atoms with Gasteiger partial charge in [-0.25, -0.2) is 28.5 Å². The predicted octanol–water partition coefficient (Wildman–Crippen LogP) is 4.19. The van der Waals surface area contributed by atoms with Crippen LogP contribution in [0.2, 0.25) is 0 Å². The second-order valence-corrected chi connectivity index (χ2v) is 9.31. The quantitative estimate of drug-likeness (QED) is 0.509. The zero-order valence-corrected chi connectivity index (χ0v) is 20.4. The van der Waals surface area contributed by atoms with Crippen LogP contribution in [0.25, 0.3) is 11.1 Å². The van der Waals surface area contributed by atoms with Gasteiger partial charge in [0.25, 0.3) is 6.43 Å². The third-order valence-corrected chi connectivity index (χ3v) is 5.40. The standard InChI is InChI=1S/C23H28F2N8O3/c1-23(2,3)36-22(34)32-6-5-14(12-32)33-11-13(9-28-33)15-10-27-18(7-16(15)35-4)30-19-8-17(26)29-21(31-19)20(24)25/h7-11,14,20H,5-6,12H2,1-4H3,(H3,26,27,29,30,31). The third kappa shape index (κ3) is 5.78.